The van der Waals surface area contributed by atoms with Crippen LogP contribution < -0.4 is 15.8 Å². The molecule has 2 aromatic rings. The normalized spacial score (nSPS) is 22.7. The molecule has 30 heavy (non-hydrogen) atoms. The van der Waals surface area contributed by atoms with Gasteiger partial charge in [-0.2, -0.15) is 0 Å². The Morgan fingerprint density at radius 3 is 2.50 bits per heavy atom. The zero-order valence-corrected chi connectivity index (χ0v) is 17.0. The molecule has 2 aliphatic heterocycles. The molecule has 1 unspecified atom stereocenters. The Kier molecular flexibility index (Phi) is 4.92. The summed E-state index contributed by atoms with van der Waals surface area (Å²) < 4.78 is 1.81. The van der Waals surface area contributed by atoms with Crippen molar-refractivity contribution < 1.29 is 9.59 Å². The van der Waals surface area contributed by atoms with Gasteiger partial charge >= 0.3 is 0 Å². The first-order valence-corrected chi connectivity index (χ1v) is 10.9. The number of aromatic nitrogens is 2. The third-order valence-corrected chi connectivity index (χ3v) is 6.74. The second-order valence-electron chi connectivity index (χ2n) is 8.57. The molecule has 1 aromatic heterocycles. The van der Waals surface area contributed by atoms with E-state index in [1.165, 1.54) is 12.8 Å². The zero-order chi connectivity index (χ0) is 20.7. The van der Waals surface area contributed by atoms with E-state index in [9.17, 15) is 14.4 Å². The summed E-state index contributed by atoms with van der Waals surface area (Å²) in [6.07, 6.45) is 7.19. The van der Waals surface area contributed by atoms with Crippen LogP contribution in [-0.4, -0.2) is 58.5 Å². The highest BCUT2D eigenvalue weighted by Gasteiger charge is 2.32. The highest BCUT2D eigenvalue weighted by atomic mass is 16.2. The van der Waals surface area contributed by atoms with E-state index in [-0.39, 0.29) is 29.5 Å². The molecule has 3 fully saturated rings. The van der Waals surface area contributed by atoms with Gasteiger partial charge in [-0.3, -0.25) is 19.0 Å². The quantitative estimate of drug-likeness (QED) is 0.829. The lowest BCUT2D eigenvalue weighted by Gasteiger charge is -2.37. The first kappa shape index (κ1) is 19.1. The fraction of sp³-hybridized carbons (Fsp3) is 0.545. The zero-order valence-electron chi connectivity index (χ0n) is 17.0. The molecule has 1 aliphatic carbocycles. The minimum Gasteiger partial charge on any atom is -0.368 e. The molecule has 158 valence electrons. The number of amides is 2. The van der Waals surface area contributed by atoms with Gasteiger partial charge in [0.1, 0.15) is 6.04 Å². The Morgan fingerprint density at radius 2 is 1.80 bits per heavy atom. The minimum atomic E-state index is -0.365. The van der Waals surface area contributed by atoms with Crippen LogP contribution in [0.25, 0.3) is 10.9 Å². The number of carbonyl (C=O) groups excluding carboxylic acids is 2. The van der Waals surface area contributed by atoms with Crippen LogP contribution in [0.2, 0.25) is 0 Å². The van der Waals surface area contributed by atoms with Gasteiger partial charge in [-0.15, -0.1) is 0 Å². The van der Waals surface area contributed by atoms with Gasteiger partial charge < -0.3 is 15.1 Å². The summed E-state index contributed by atoms with van der Waals surface area (Å²) in [7, 11) is 0. The number of piperazine rings is 1. The van der Waals surface area contributed by atoms with E-state index in [2.05, 4.69) is 15.2 Å². The van der Waals surface area contributed by atoms with Crippen molar-refractivity contribution in [1.29, 1.82) is 0 Å². The number of anilines is 1. The summed E-state index contributed by atoms with van der Waals surface area (Å²) in [5.74, 6) is -0.0178. The van der Waals surface area contributed by atoms with Crippen molar-refractivity contribution in [1.82, 2.24) is 19.8 Å². The second kappa shape index (κ2) is 7.74. The fourth-order valence-corrected chi connectivity index (χ4v) is 4.97. The molecule has 1 aromatic carbocycles. The van der Waals surface area contributed by atoms with Crippen molar-refractivity contribution in [3.05, 3.63) is 34.9 Å². The van der Waals surface area contributed by atoms with Crippen LogP contribution in [0, 0.1) is 0 Å². The maximum atomic E-state index is 12.9. The Labute approximate surface area is 174 Å². The predicted molar refractivity (Wildman–Crippen MR) is 113 cm³/mol. The van der Waals surface area contributed by atoms with E-state index in [0.29, 0.717) is 31.3 Å². The van der Waals surface area contributed by atoms with Gasteiger partial charge in [-0.25, -0.2) is 4.98 Å². The molecule has 1 N–H and O–H groups in total. The first-order valence-electron chi connectivity index (χ1n) is 10.9. The van der Waals surface area contributed by atoms with E-state index in [4.69, 9.17) is 0 Å². The highest BCUT2D eigenvalue weighted by molar-refractivity contribution is 5.91. The summed E-state index contributed by atoms with van der Waals surface area (Å²) in [5.41, 5.74) is 1.79. The van der Waals surface area contributed by atoms with Gasteiger partial charge in [0.2, 0.25) is 11.8 Å². The maximum absolute atomic E-state index is 12.9. The Balaban J connectivity index is 1.29. The Morgan fingerprint density at radius 1 is 1.03 bits per heavy atom. The summed E-state index contributed by atoms with van der Waals surface area (Å²) >= 11 is 0. The third-order valence-electron chi connectivity index (χ3n) is 6.74. The van der Waals surface area contributed by atoms with Gasteiger partial charge in [0, 0.05) is 44.3 Å². The van der Waals surface area contributed by atoms with Crippen molar-refractivity contribution in [2.45, 2.75) is 50.6 Å². The summed E-state index contributed by atoms with van der Waals surface area (Å²) in [6.45, 7) is 2.69. The molecule has 0 radical (unpaired) electrons. The third kappa shape index (κ3) is 3.44. The van der Waals surface area contributed by atoms with Crippen LogP contribution in [0.3, 0.4) is 0 Å². The molecule has 3 heterocycles. The van der Waals surface area contributed by atoms with E-state index in [1.807, 2.05) is 23.1 Å². The SMILES string of the molecule is O=C1CCC(C(=O)N2CCN(c3ccc4c(=O)n(C5CCCC5)cnc4c3)CC2)N1. The molecule has 8 nitrogen and oxygen atoms in total. The van der Waals surface area contributed by atoms with Crippen LogP contribution in [0.4, 0.5) is 5.69 Å². The fourth-order valence-electron chi connectivity index (χ4n) is 4.97. The maximum Gasteiger partial charge on any atom is 0.261 e. The van der Waals surface area contributed by atoms with E-state index >= 15 is 0 Å². The number of nitrogens with one attached hydrogen (secondary N) is 1. The lowest BCUT2D eigenvalue weighted by molar-refractivity contribution is -0.134. The highest BCUT2D eigenvalue weighted by Crippen LogP contribution is 2.28. The van der Waals surface area contributed by atoms with Gasteiger partial charge in [0.25, 0.3) is 5.56 Å². The van der Waals surface area contributed by atoms with Crippen LogP contribution >= 0.6 is 0 Å². The monoisotopic (exact) mass is 409 g/mol. The molecule has 2 saturated heterocycles. The number of nitrogens with zero attached hydrogens (tertiary/aromatic N) is 4. The molecule has 0 bridgehead atoms. The predicted octanol–water partition coefficient (Wildman–Crippen LogP) is 1.44. The largest absolute Gasteiger partial charge is 0.368 e. The molecule has 0 spiro atoms. The lowest BCUT2D eigenvalue weighted by atomic mass is 10.1. The average Bonchev–Trinajstić information content (AvgIpc) is 3.45. The molecule has 1 saturated carbocycles. The molecule has 5 rings (SSSR count). The molecular weight excluding hydrogens is 382 g/mol. The molecule has 8 heteroatoms. The second-order valence-corrected chi connectivity index (χ2v) is 8.57. The standard InChI is InChI=1S/C22H27N5O3/c28-20-8-7-18(24-20)22(30)26-11-9-25(10-12-26)16-5-6-17-19(13-16)23-14-27(21(17)29)15-3-1-2-4-15/h5-6,13-15,18H,1-4,7-12H2,(H,24,28). The van der Waals surface area contributed by atoms with Crippen LogP contribution in [-0.2, 0) is 9.59 Å². The molecule has 1 atom stereocenters. The van der Waals surface area contributed by atoms with Gasteiger partial charge in [0.05, 0.1) is 17.2 Å². The number of carbonyl (C=O) groups is 2. The number of fused-ring (bicyclic) bond motifs is 1. The number of rotatable bonds is 3. The van der Waals surface area contributed by atoms with Crippen LogP contribution in [0.1, 0.15) is 44.6 Å². The average molecular weight is 409 g/mol. The van der Waals surface area contributed by atoms with Crippen molar-refractivity contribution >= 4 is 28.4 Å². The van der Waals surface area contributed by atoms with E-state index in [0.717, 1.165) is 37.1 Å². The smallest absolute Gasteiger partial charge is 0.261 e. The summed E-state index contributed by atoms with van der Waals surface area (Å²) in [6, 6.07) is 5.76. The van der Waals surface area contributed by atoms with Crippen LogP contribution in [0.5, 0.6) is 0 Å². The first-order chi connectivity index (χ1) is 14.6. The number of benzene rings is 1. The topological polar surface area (TPSA) is 87.5 Å². The van der Waals surface area contributed by atoms with Gasteiger partial charge in [0.15, 0.2) is 0 Å². The molecule has 3 aliphatic rings. The van der Waals surface area contributed by atoms with Crippen molar-refractivity contribution in [2.75, 3.05) is 31.1 Å². The van der Waals surface area contributed by atoms with Crippen molar-refractivity contribution in [3.8, 4) is 0 Å². The van der Waals surface area contributed by atoms with Crippen LogP contribution in [0.15, 0.2) is 29.3 Å². The van der Waals surface area contributed by atoms with E-state index in [1.54, 1.807) is 10.9 Å². The van der Waals surface area contributed by atoms with Gasteiger partial charge in [-0.05, 0) is 37.5 Å². The minimum absolute atomic E-state index is 0.0214. The molecule has 2 amide bonds. The Hall–Kier alpha value is -2.90. The van der Waals surface area contributed by atoms with Gasteiger partial charge in [-0.1, -0.05) is 12.8 Å². The van der Waals surface area contributed by atoms with E-state index < -0.39 is 0 Å². The van der Waals surface area contributed by atoms with Crippen molar-refractivity contribution in [2.24, 2.45) is 0 Å². The number of hydrogen-bond acceptors (Lipinski definition) is 5. The summed E-state index contributed by atoms with van der Waals surface area (Å²) in [5, 5.41) is 3.43. The summed E-state index contributed by atoms with van der Waals surface area (Å²) in [4.78, 5) is 45.5. The Bertz CT molecular complexity index is 1030. The molecular formula is C22H27N5O3. The van der Waals surface area contributed by atoms with Crippen molar-refractivity contribution in [3.63, 3.8) is 0 Å². The number of hydrogen-bond donors (Lipinski definition) is 1. The lowest BCUT2D eigenvalue weighted by Crippen LogP contribution is -2.53.